The molecule has 0 bridgehead atoms. The number of aromatic nitrogens is 3. The molecule has 2 aromatic carbocycles. The highest BCUT2D eigenvalue weighted by Gasteiger charge is 2.32. The lowest BCUT2D eigenvalue weighted by atomic mass is 9.85. The van der Waals surface area contributed by atoms with Gasteiger partial charge in [0.25, 0.3) is 11.8 Å². The molecule has 5 rings (SSSR count). The number of carbonyl (C=O) groups excluding carboxylic acids is 2. The molecule has 0 atom stereocenters. The van der Waals surface area contributed by atoms with Crippen molar-refractivity contribution in [3.8, 4) is 5.69 Å². The lowest BCUT2D eigenvalue weighted by Crippen LogP contribution is -2.38. The molecule has 2 amide bonds. The van der Waals surface area contributed by atoms with Crippen LogP contribution in [0, 0.1) is 5.92 Å². The number of alkyl halides is 3. The van der Waals surface area contributed by atoms with Gasteiger partial charge in [0, 0.05) is 19.6 Å². The minimum Gasteiger partial charge on any atom is -0.354 e. The number of carbonyl (C=O) groups is 2. The van der Waals surface area contributed by atoms with Gasteiger partial charge in [-0.1, -0.05) is 23.7 Å². The van der Waals surface area contributed by atoms with Crippen LogP contribution in [0.3, 0.4) is 0 Å². The second-order valence-electron chi connectivity index (χ2n) is 10.1. The minimum absolute atomic E-state index is 0.0431. The Morgan fingerprint density at radius 1 is 1.00 bits per heavy atom. The molecule has 0 saturated heterocycles. The second-order valence-corrected chi connectivity index (χ2v) is 10.5. The molecule has 4 aromatic rings. The molecule has 1 aliphatic carbocycles. The normalized spacial score (nSPS) is 17.4. The summed E-state index contributed by atoms with van der Waals surface area (Å²) in [6, 6.07) is 13.2. The highest BCUT2D eigenvalue weighted by atomic mass is 35.5. The SMILES string of the molecule is CNC(=O)c1ccc(-n2c(=O)n(C[C@H]3CC[C@H](NC(=O)c4cc(C(F)(F)F)ccc4Cl)CC3)c3ccccc32)cn1. The number of fused-ring (bicyclic) bond motifs is 1. The molecule has 1 fully saturated rings. The van der Waals surface area contributed by atoms with Crippen molar-refractivity contribution in [2.24, 2.45) is 5.92 Å². The van der Waals surface area contributed by atoms with Gasteiger partial charge in [-0.3, -0.25) is 18.7 Å². The zero-order valence-corrected chi connectivity index (χ0v) is 22.8. The molecule has 8 nitrogen and oxygen atoms in total. The van der Waals surface area contributed by atoms with Crippen LogP contribution in [0.25, 0.3) is 16.7 Å². The third-order valence-electron chi connectivity index (χ3n) is 7.46. The van der Waals surface area contributed by atoms with Crippen molar-refractivity contribution < 1.29 is 22.8 Å². The maximum atomic E-state index is 13.6. The summed E-state index contributed by atoms with van der Waals surface area (Å²) >= 11 is 6.03. The number of benzene rings is 2. The van der Waals surface area contributed by atoms with E-state index in [0.29, 0.717) is 30.6 Å². The molecule has 12 heteroatoms. The number of nitrogens with zero attached hydrogens (tertiary/aromatic N) is 3. The Balaban J connectivity index is 1.29. The third-order valence-corrected chi connectivity index (χ3v) is 7.79. The summed E-state index contributed by atoms with van der Waals surface area (Å²) < 4.78 is 42.6. The summed E-state index contributed by atoms with van der Waals surface area (Å²) in [6.45, 7) is 0.468. The quantitative estimate of drug-likeness (QED) is 0.325. The van der Waals surface area contributed by atoms with E-state index in [2.05, 4.69) is 15.6 Å². The lowest BCUT2D eigenvalue weighted by molar-refractivity contribution is -0.137. The first kappa shape index (κ1) is 28.4. The molecular formula is C29H27ClF3N5O3. The number of hydrogen-bond donors (Lipinski definition) is 2. The van der Waals surface area contributed by atoms with Gasteiger partial charge in [-0.05, 0) is 74.1 Å². The maximum absolute atomic E-state index is 13.6. The Kier molecular flexibility index (Phi) is 7.90. The van der Waals surface area contributed by atoms with Crippen molar-refractivity contribution in [3.63, 3.8) is 0 Å². The zero-order chi connectivity index (χ0) is 29.3. The predicted octanol–water partition coefficient (Wildman–Crippen LogP) is 5.21. The van der Waals surface area contributed by atoms with E-state index in [1.54, 1.807) is 21.3 Å². The predicted molar refractivity (Wildman–Crippen MR) is 148 cm³/mol. The van der Waals surface area contributed by atoms with Gasteiger partial charge < -0.3 is 10.6 Å². The number of halogens is 4. The number of pyridine rings is 1. The van der Waals surface area contributed by atoms with Crippen LogP contribution in [0.4, 0.5) is 13.2 Å². The number of rotatable bonds is 6. The molecule has 0 radical (unpaired) electrons. The van der Waals surface area contributed by atoms with Gasteiger partial charge in [0.15, 0.2) is 0 Å². The molecule has 0 aliphatic heterocycles. The molecular weight excluding hydrogens is 559 g/mol. The molecule has 1 saturated carbocycles. The van der Waals surface area contributed by atoms with Crippen molar-refractivity contribution in [1.82, 2.24) is 24.8 Å². The van der Waals surface area contributed by atoms with E-state index in [0.717, 1.165) is 36.6 Å². The molecule has 1 aliphatic rings. The molecule has 0 spiro atoms. The van der Waals surface area contributed by atoms with Gasteiger partial charge in [0.2, 0.25) is 0 Å². The Bertz CT molecular complexity index is 1660. The Morgan fingerprint density at radius 3 is 2.34 bits per heavy atom. The summed E-state index contributed by atoms with van der Waals surface area (Å²) in [5.74, 6) is -0.804. The fraction of sp³-hybridized carbons (Fsp3) is 0.310. The van der Waals surface area contributed by atoms with Crippen LogP contribution in [0.5, 0.6) is 0 Å². The molecule has 41 heavy (non-hydrogen) atoms. The fourth-order valence-corrected chi connectivity index (χ4v) is 5.50. The van der Waals surface area contributed by atoms with Crippen LogP contribution in [0.15, 0.2) is 65.6 Å². The fourth-order valence-electron chi connectivity index (χ4n) is 5.30. The molecule has 2 heterocycles. The first-order valence-electron chi connectivity index (χ1n) is 13.1. The van der Waals surface area contributed by atoms with Gasteiger partial charge >= 0.3 is 11.9 Å². The van der Waals surface area contributed by atoms with Crippen LogP contribution >= 0.6 is 11.6 Å². The van der Waals surface area contributed by atoms with Gasteiger partial charge in [-0.2, -0.15) is 13.2 Å². The highest BCUT2D eigenvalue weighted by molar-refractivity contribution is 6.33. The lowest BCUT2D eigenvalue weighted by Gasteiger charge is -2.29. The summed E-state index contributed by atoms with van der Waals surface area (Å²) in [6.07, 6.45) is -0.417. The van der Waals surface area contributed by atoms with Crippen LogP contribution in [0.2, 0.25) is 5.02 Å². The van der Waals surface area contributed by atoms with Crippen molar-refractivity contribution in [1.29, 1.82) is 0 Å². The van der Waals surface area contributed by atoms with Crippen molar-refractivity contribution in [2.45, 2.75) is 44.4 Å². The Hall–Kier alpha value is -4.12. The first-order valence-corrected chi connectivity index (χ1v) is 13.5. The van der Waals surface area contributed by atoms with E-state index in [1.807, 2.05) is 24.3 Å². The van der Waals surface area contributed by atoms with Crippen LogP contribution in [-0.4, -0.2) is 39.0 Å². The summed E-state index contributed by atoms with van der Waals surface area (Å²) in [7, 11) is 1.52. The van der Waals surface area contributed by atoms with E-state index >= 15 is 0 Å². The van der Waals surface area contributed by atoms with Crippen molar-refractivity contribution in [2.75, 3.05) is 7.05 Å². The second kappa shape index (κ2) is 11.4. The summed E-state index contributed by atoms with van der Waals surface area (Å²) in [4.78, 5) is 42.4. The van der Waals surface area contributed by atoms with Crippen molar-refractivity contribution in [3.05, 3.63) is 93.1 Å². The summed E-state index contributed by atoms with van der Waals surface area (Å²) in [5.41, 5.74) is 0.896. The first-order chi connectivity index (χ1) is 19.6. The third kappa shape index (κ3) is 5.85. The number of hydrogen-bond acceptors (Lipinski definition) is 4. The average Bonchev–Trinajstić information content (AvgIpc) is 3.24. The number of nitrogens with one attached hydrogen (secondary N) is 2. The van der Waals surface area contributed by atoms with Crippen LogP contribution < -0.4 is 16.3 Å². The zero-order valence-electron chi connectivity index (χ0n) is 22.0. The average molecular weight is 586 g/mol. The Labute approximate surface area is 238 Å². The van der Waals surface area contributed by atoms with Crippen LogP contribution in [-0.2, 0) is 12.7 Å². The van der Waals surface area contributed by atoms with Gasteiger partial charge in [-0.15, -0.1) is 0 Å². The van der Waals surface area contributed by atoms with Gasteiger partial charge in [0.1, 0.15) is 5.69 Å². The van der Waals surface area contributed by atoms with E-state index in [-0.39, 0.29) is 39.8 Å². The molecule has 2 aromatic heterocycles. The van der Waals surface area contributed by atoms with Gasteiger partial charge in [0.05, 0.1) is 39.1 Å². The van der Waals surface area contributed by atoms with Crippen molar-refractivity contribution >= 4 is 34.4 Å². The molecule has 0 unspecified atom stereocenters. The van der Waals surface area contributed by atoms with E-state index in [9.17, 15) is 27.6 Å². The number of amides is 2. The smallest absolute Gasteiger partial charge is 0.354 e. The van der Waals surface area contributed by atoms with E-state index in [4.69, 9.17) is 11.6 Å². The van der Waals surface area contributed by atoms with Crippen LogP contribution in [0.1, 0.15) is 52.1 Å². The van der Waals surface area contributed by atoms with E-state index in [1.165, 1.54) is 13.2 Å². The standard InChI is InChI=1S/C29H27ClF3N5O3/c1-34-27(40)23-13-11-20(15-35-23)38-25-5-3-2-4-24(25)37(28(38)41)16-17-6-9-19(10-7-17)36-26(39)21-14-18(29(31,32)33)8-12-22(21)30/h2-5,8,11-15,17,19H,6-7,9-10,16H2,1H3,(H,34,40)(H,36,39)/t17-,19-. The minimum atomic E-state index is -4.58. The number of imidazole rings is 1. The number of para-hydroxylation sites is 2. The highest BCUT2D eigenvalue weighted by Crippen LogP contribution is 2.32. The topological polar surface area (TPSA) is 98.0 Å². The summed E-state index contributed by atoms with van der Waals surface area (Å²) in [5, 5.41) is 5.30. The Morgan fingerprint density at radius 2 is 1.71 bits per heavy atom. The maximum Gasteiger partial charge on any atom is 0.416 e. The van der Waals surface area contributed by atoms with E-state index < -0.39 is 17.6 Å². The molecule has 214 valence electrons. The monoisotopic (exact) mass is 585 g/mol. The largest absolute Gasteiger partial charge is 0.416 e. The van der Waals surface area contributed by atoms with Gasteiger partial charge in [-0.25, -0.2) is 9.78 Å². The molecule has 2 N–H and O–H groups in total.